The van der Waals surface area contributed by atoms with E-state index in [2.05, 4.69) is 5.32 Å². The molecule has 0 heterocycles. The summed E-state index contributed by atoms with van der Waals surface area (Å²) in [6, 6.07) is 7.26. The van der Waals surface area contributed by atoms with Gasteiger partial charge in [0.1, 0.15) is 5.75 Å². The van der Waals surface area contributed by atoms with Crippen LogP contribution in [0.3, 0.4) is 0 Å². The van der Waals surface area contributed by atoms with Crippen LogP contribution in [-0.2, 0) is 9.59 Å². The summed E-state index contributed by atoms with van der Waals surface area (Å²) in [5, 5.41) is 12.6. The number of amides is 1. The molecule has 0 saturated heterocycles. The SMILES string of the molecule is O=C(O)CN(CC1CC1)C1CC(NC(=O)COc2cccc(Cl)c2)C1. The van der Waals surface area contributed by atoms with Gasteiger partial charge in [-0.25, -0.2) is 0 Å². The van der Waals surface area contributed by atoms with E-state index >= 15 is 0 Å². The molecule has 3 rings (SSSR count). The average molecular weight is 367 g/mol. The molecule has 7 heteroatoms. The molecule has 1 aromatic carbocycles. The van der Waals surface area contributed by atoms with Crippen LogP contribution >= 0.6 is 11.6 Å². The molecule has 1 amide bonds. The van der Waals surface area contributed by atoms with E-state index in [1.165, 1.54) is 12.8 Å². The number of carboxylic acids is 1. The number of carbonyl (C=O) groups excluding carboxylic acids is 1. The number of hydrogen-bond donors (Lipinski definition) is 2. The highest BCUT2D eigenvalue weighted by Crippen LogP contribution is 2.33. The zero-order chi connectivity index (χ0) is 17.8. The maximum Gasteiger partial charge on any atom is 0.317 e. The minimum atomic E-state index is -0.789. The van der Waals surface area contributed by atoms with E-state index in [1.54, 1.807) is 24.3 Å². The molecule has 0 bridgehead atoms. The number of rotatable bonds is 9. The monoisotopic (exact) mass is 366 g/mol. The van der Waals surface area contributed by atoms with E-state index in [-0.39, 0.29) is 31.1 Å². The Morgan fingerprint density at radius 3 is 2.72 bits per heavy atom. The predicted molar refractivity (Wildman–Crippen MR) is 93.8 cm³/mol. The number of nitrogens with zero attached hydrogens (tertiary/aromatic N) is 1. The maximum absolute atomic E-state index is 12.0. The second kappa shape index (κ2) is 8.06. The highest BCUT2D eigenvalue weighted by Gasteiger charge is 2.37. The molecule has 2 saturated carbocycles. The summed E-state index contributed by atoms with van der Waals surface area (Å²) in [7, 11) is 0. The zero-order valence-electron chi connectivity index (χ0n) is 14.0. The highest BCUT2D eigenvalue weighted by atomic mass is 35.5. The molecule has 2 fully saturated rings. The van der Waals surface area contributed by atoms with Gasteiger partial charge in [0.15, 0.2) is 6.61 Å². The van der Waals surface area contributed by atoms with Crippen LogP contribution in [0.5, 0.6) is 5.75 Å². The van der Waals surface area contributed by atoms with Crippen molar-refractivity contribution in [1.82, 2.24) is 10.2 Å². The van der Waals surface area contributed by atoms with Crippen LogP contribution in [0.4, 0.5) is 0 Å². The molecule has 0 aromatic heterocycles. The Morgan fingerprint density at radius 1 is 1.32 bits per heavy atom. The topological polar surface area (TPSA) is 78.9 Å². The second-order valence-corrected chi connectivity index (χ2v) is 7.34. The summed E-state index contributed by atoms with van der Waals surface area (Å²) in [6.07, 6.45) is 3.99. The summed E-state index contributed by atoms with van der Waals surface area (Å²) in [6.45, 7) is 0.887. The van der Waals surface area contributed by atoms with Gasteiger partial charge in [-0.05, 0) is 49.8 Å². The molecule has 2 aliphatic carbocycles. The van der Waals surface area contributed by atoms with Crippen LogP contribution in [-0.4, -0.2) is 53.7 Å². The molecule has 0 atom stereocenters. The Hall–Kier alpha value is -1.79. The third kappa shape index (κ3) is 5.61. The van der Waals surface area contributed by atoms with E-state index in [0.717, 1.165) is 19.4 Å². The zero-order valence-corrected chi connectivity index (χ0v) is 14.7. The fourth-order valence-corrected chi connectivity index (χ4v) is 3.31. The van der Waals surface area contributed by atoms with Gasteiger partial charge in [0.05, 0.1) is 6.54 Å². The lowest BCUT2D eigenvalue weighted by Crippen LogP contribution is -2.55. The van der Waals surface area contributed by atoms with Crippen molar-refractivity contribution in [2.75, 3.05) is 19.7 Å². The fourth-order valence-electron chi connectivity index (χ4n) is 3.13. The lowest BCUT2D eigenvalue weighted by atomic mass is 9.85. The lowest BCUT2D eigenvalue weighted by Gasteiger charge is -2.42. The Kier molecular flexibility index (Phi) is 5.81. The number of carbonyl (C=O) groups is 2. The van der Waals surface area contributed by atoms with Gasteiger partial charge in [-0.2, -0.15) is 0 Å². The van der Waals surface area contributed by atoms with E-state index in [4.69, 9.17) is 21.4 Å². The van der Waals surface area contributed by atoms with Gasteiger partial charge in [0.25, 0.3) is 5.91 Å². The Morgan fingerprint density at radius 2 is 2.08 bits per heavy atom. The summed E-state index contributed by atoms with van der Waals surface area (Å²) in [4.78, 5) is 25.0. The first-order valence-electron chi connectivity index (χ1n) is 8.63. The molecule has 136 valence electrons. The van der Waals surface area contributed by atoms with Gasteiger partial charge in [0.2, 0.25) is 0 Å². The van der Waals surface area contributed by atoms with Gasteiger partial charge in [0, 0.05) is 23.7 Å². The molecule has 0 unspecified atom stereocenters. The minimum Gasteiger partial charge on any atom is -0.484 e. The first-order chi connectivity index (χ1) is 12.0. The number of hydrogen-bond acceptors (Lipinski definition) is 4. The smallest absolute Gasteiger partial charge is 0.317 e. The van der Waals surface area contributed by atoms with Crippen molar-refractivity contribution in [3.05, 3.63) is 29.3 Å². The van der Waals surface area contributed by atoms with E-state index in [0.29, 0.717) is 16.7 Å². The highest BCUT2D eigenvalue weighted by molar-refractivity contribution is 6.30. The summed E-state index contributed by atoms with van der Waals surface area (Å²) >= 11 is 5.87. The predicted octanol–water partition coefficient (Wildman–Crippen LogP) is 2.16. The van der Waals surface area contributed by atoms with Crippen LogP contribution in [0.25, 0.3) is 0 Å². The molecule has 0 spiro atoms. The number of aliphatic carboxylic acids is 1. The number of nitrogens with one attached hydrogen (secondary N) is 1. The van der Waals surface area contributed by atoms with Crippen molar-refractivity contribution >= 4 is 23.5 Å². The maximum atomic E-state index is 12.0. The van der Waals surface area contributed by atoms with Crippen LogP contribution < -0.4 is 10.1 Å². The van der Waals surface area contributed by atoms with Gasteiger partial charge < -0.3 is 15.2 Å². The van der Waals surface area contributed by atoms with Crippen LogP contribution in [0, 0.1) is 5.92 Å². The molecule has 0 radical (unpaired) electrons. The molecular formula is C18H23ClN2O4. The minimum absolute atomic E-state index is 0.0532. The second-order valence-electron chi connectivity index (χ2n) is 6.90. The molecule has 2 aliphatic rings. The van der Waals surface area contributed by atoms with Gasteiger partial charge in [-0.15, -0.1) is 0 Å². The molecule has 0 aliphatic heterocycles. The van der Waals surface area contributed by atoms with Gasteiger partial charge >= 0.3 is 5.97 Å². The van der Waals surface area contributed by atoms with Crippen molar-refractivity contribution in [2.45, 2.75) is 37.8 Å². The molecule has 25 heavy (non-hydrogen) atoms. The average Bonchev–Trinajstić information content (AvgIpc) is 3.31. The molecule has 2 N–H and O–H groups in total. The lowest BCUT2D eigenvalue weighted by molar-refractivity contribution is -0.140. The fraction of sp³-hybridized carbons (Fsp3) is 0.556. The number of ether oxygens (including phenoxy) is 1. The Bertz CT molecular complexity index is 629. The van der Waals surface area contributed by atoms with Gasteiger partial charge in [-0.3, -0.25) is 14.5 Å². The standard InChI is InChI=1S/C18H23ClN2O4/c19-13-2-1-3-16(6-13)25-11-17(22)20-14-7-15(8-14)21(10-18(23)24)9-12-4-5-12/h1-3,6,12,14-15H,4-5,7-11H2,(H,20,22)(H,23,24). The van der Waals surface area contributed by atoms with Gasteiger partial charge in [-0.1, -0.05) is 17.7 Å². The number of halogens is 1. The summed E-state index contributed by atoms with van der Waals surface area (Å²) in [5.41, 5.74) is 0. The van der Waals surface area contributed by atoms with Crippen molar-refractivity contribution in [2.24, 2.45) is 5.92 Å². The summed E-state index contributed by atoms with van der Waals surface area (Å²) in [5.74, 6) is 0.253. The molecule has 6 nitrogen and oxygen atoms in total. The van der Waals surface area contributed by atoms with Crippen molar-refractivity contribution in [3.63, 3.8) is 0 Å². The van der Waals surface area contributed by atoms with E-state index in [9.17, 15) is 9.59 Å². The normalized spacial score (nSPS) is 22.3. The third-order valence-electron chi connectivity index (χ3n) is 4.69. The van der Waals surface area contributed by atoms with E-state index < -0.39 is 5.97 Å². The van der Waals surface area contributed by atoms with E-state index in [1.807, 2.05) is 4.90 Å². The third-order valence-corrected chi connectivity index (χ3v) is 4.92. The Balaban J connectivity index is 1.38. The van der Waals surface area contributed by atoms with Crippen molar-refractivity contribution in [3.8, 4) is 5.75 Å². The van der Waals surface area contributed by atoms with Crippen molar-refractivity contribution in [1.29, 1.82) is 0 Å². The number of benzene rings is 1. The first-order valence-corrected chi connectivity index (χ1v) is 9.01. The first kappa shape index (κ1) is 18.0. The van der Waals surface area contributed by atoms with Crippen molar-refractivity contribution < 1.29 is 19.4 Å². The Labute approximate surface area is 152 Å². The largest absolute Gasteiger partial charge is 0.484 e. The van der Waals surface area contributed by atoms with Crippen LogP contribution in [0.15, 0.2) is 24.3 Å². The molecular weight excluding hydrogens is 344 g/mol. The number of carboxylic acid groups (broad SMARTS) is 1. The van der Waals surface area contributed by atoms with Crippen LogP contribution in [0.1, 0.15) is 25.7 Å². The summed E-state index contributed by atoms with van der Waals surface area (Å²) < 4.78 is 5.42. The molecule has 1 aromatic rings. The quantitative estimate of drug-likeness (QED) is 0.700. The van der Waals surface area contributed by atoms with Crippen LogP contribution in [0.2, 0.25) is 5.02 Å².